The number of nitrogens with zero attached hydrogens (tertiary/aromatic N) is 1. The van der Waals surface area contributed by atoms with Gasteiger partial charge in [0.2, 0.25) is 0 Å². The normalized spacial score (nSPS) is 12.0. The molecule has 0 bridgehead atoms. The molecule has 18 heavy (non-hydrogen) atoms. The number of amides is 1. The summed E-state index contributed by atoms with van der Waals surface area (Å²) in [5, 5.41) is 1.70. The van der Waals surface area contributed by atoms with Crippen molar-refractivity contribution in [3.63, 3.8) is 0 Å². The van der Waals surface area contributed by atoms with Gasteiger partial charge in [-0.2, -0.15) is 4.36 Å². The minimum absolute atomic E-state index is 0.206. The monoisotopic (exact) mass is 255 g/mol. The molecule has 1 unspecified atom stereocenters. The van der Waals surface area contributed by atoms with Crippen LogP contribution in [-0.2, 0) is 10.7 Å². The van der Waals surface area contributed by atoms with Gasteiger partial charge in [-0.1, -0.05) is 43.0 Å². The fourth-order valence-electron chi connectivity index (χ4n) is 1.47. The molecule has 0 radical (unpaired) electrons. The van der Waals surface area contributed by atoms with E-state index >= 15 is 0 Å². The van der Waals surface area contributed by atoms with Crippen LogP contribution in [0.15, 0.2) is 81.9 Å². The minimum atomic E-state index is -0.586. The Morgan fingerprint density at radius 1 is 1.00 bits per heavy atom. The van der Waals surface area contributed by atoms with Crippen LogP contribution < -0.4 is 0 Å². The number of carbonyl (C=O) groups excluding carboxylic acids is 1. The zero-order chi connectivity index (χ0) is 12.8. The second-order valence-corrected chi connectivity index (χ2v) is 5.17. The van der Waals surface area contributed by atoms with E-state index in [4.69, 9.17) is 0 Å². The Morgan fingerprint density at radius 2 is 1.56 bits per heavy atom. The van der Waals surface area contributed by atoms with E-state index in [9.17, 15) is 4.79 Å². The molecule has 0 aliphatic rings. The molecule has 0 spiro atoms. The van der Waals surface area contributed by atoms with Crippen molar-refractivity contribution in [2.75, 3.05) is 0 Å². The van der Waals surface area contributed by atoms with Crippen LogP contribution in [0.3, 0.4) is 0 Å². The van der Waals surface area contributed by atoms with E-state index in [1.807, 2.05) is 48.5 Å². The first-order valence-electron chi connectivity index (χ1n) is 5.53. The molecule has 0 fully saturated rings. The molecule has 2 nitrogen and oxygen atoms in total. The van der Waals surface area contributed by atoms with Crippen molar-refractivity contribution < 1.29 is 4.79 Å². The lowest BCUT2D eigenvalue weighted by Crippen LogP contribution is -1.97. The van der Waals surface area contributed by atoms with Crippen LogP contribution in [0.5, 0.6) is 0 Å². The molecule has 2 aromatic carbocycles. The number of rotatable bonds is 3. The van der Waals surface area contributed by atoms with E-state index in [1.165, 1.54) is 0 Å². The van der Waals surface area contributed by atoms with Gasteiger partial charge in [-0.15, -0.1) is 0 Å². The van der Waals surface area contributed by atoms with Crippen LogP contribution in [0.4, 0.5) is 0 Å². The lowest BCUT2D eigenvalue weighted by atomic mass is 10.2. The summed E-state index contributed by atoms with van der Waals surface area (Å²) in [6, 6.07) is 18.8. The third-order valence-electron chi connectivity index (χ3n) is 2.34. The fourth-order valence-corrected chi connectivity index (χ4v) is 2.56. The quantitative estimate of drug-likeness (QED) is 0.819. The summed E-state index contributed by atoms with van der Waals surface area (Å²) in [7, 11) is -0.586. The Hall–Kier alpha value is -2.00. The number of hydrogen-bond donors (Lipinski definition) is 0. The van der Waals surface area contributed by atoms with Gasteiger partial charge < -0.3 is 0 Å². The largest absolute Gasteiger partial charge is 0.283 e. The second-order valence-electron chi connectivity index (χ2n) is 3.56. The van der Waals surface area contributed by atoms with Gasteiger partial charge in [-0.3, -0.25) is 4.79 Å². The topological polar surface area (TPSA) is 29.4 Å². The maximum atomic E-state index is 12.0. The average Bonchev–Trinajstić information content (AvgIpc) is 2.46. The van der Waals surface area contributed by atoms with Crippen molar-refractivity contribution in [2.24, 2.45) is 4.36 Å². The SMILES string of the molecule is C=CS(=NC(=O)c1ccccc1)c1ccccc1. The van der Waals surface area contributed by atoms with Crippen LogP contribution in [0.25, 0.3) is 0 Å². The van der Waals surface area contributed by atoms with Gasteiger partial charge in [0.1, 0.15) is 0 Å². The summed E-state index contributed by atoms with van der Waals surface area (Å²) in [6.07, 6.45) is 0. The van der Waals surface area contributed by atoms with E-state index in [0.717, 1.165) is 4.90 Å². The van der Waals surface area contributed by atoms with Crippen LogP contribution in [-0.4, -0.2) is 5.91 Å². The highest BCUT2D eigenvalue weighted by atomic mass is 32.2. The summed E-state index contributed by atoms with van der Waals surface area (Å²) < 4.78 is 4.21. The molecular formula is C15H13NOS. The van der Waals surface area contributed by atoms with Crippen molar-refractivity contribution in [2.45, 2.75) is 4.90 Å². The van der Waals surface area contributed by atoms with Crippen molar-refractivity contribution in [1.29, 1.82) is 0 Å². The van der Waals surface area contributed by atoms with E-state index < -0.39 is 10.7 Å². The summed E-state index contributed by atoms with van der Waals surface area (Å²) in [5.41, 5.74) is 0.604. The van der Waals surface area contributed by atoms with Crippen LogP contribution >= 0.6 is 0 Å². The zero-order valence-electron chi connectivity index (χ0n) is 9.82. The van der Waals surface area contributed by atoms with Gasteiger partial charge in [-0.05, 0) is 40.4 Å². The first-order valence-corrected chi connectivity index (χ1v) is 6.77. The fraction of sp³-hybridized carbons (Fsp3) is 0. The van der Waals surface area contributed by atoms with E-state index in [0.29, 0.717) is 5.56 Å². The number of benzene rings is 2. The molecule has 3 heteroatoms. The van der Waals surface area contributed by atoms with E-state index in [2.05, 4.69) is 10.9 Å². The molecule has 0 heterocycles. The number of carbonyl (C=O) groups is 1. The predicted octanol–water partition coefficient (Wildman–Crippen LogP) is 3.83. The summed E-state index contributed by atoms with van der Waals surface area (Å²) in [4.78, 5) is 13.0. The van der Waals surface area contributed by atoms with Gasteiger partial charge in [0.15, 0.2) is 0 Å². The van der Waals surface area contributed by atoms with Gasteiger partial charge in [0.25, 0.3) is 5.91 Å². The molecule has 0 aliphatic carbocycles. The Balaban J connectivity index is 2.32. The van der Waals surface area contributed by atoms with Crippen molar-refractivity contribution in [3.8, 4) is 0 Å². The molecule has 0 saturated heterocycles. The van der Waals surface area contributed by atoms with E-state index in [1.54, 1.807) is 17.5 Å². The van der Waals surface area contributed by atoms with Crippen molar-refractivity contribution in [3.05, 3.63) is 78.2 Å². The predicted molar refractivity (Wildman–Crippen MR) is 75.5 cm³/mol. The smallest absolute Gasteiger partial charge is 0.266 e. The van der Waals surface area contributed by atoms with Crippen molar-refractivity contribution in [1.82, 2.24) is 0 Å². The lowest BCUT2D eigenvalue weighted by Gasteiger charge is -2.02. The van der Waals surface area contributed by atoms with Crippen LogP contribution in [0, 0.1) is 0 Å². The number of hydrogen-bond acceptors (Lipinski definition) is 1. The Labute approximate surface area is 109 Å². The Kier molecular flexibility index (Phi) is 4.20. The minimum Gasteiger partial charge on any atom is -0.266 e. The van der Waals surface area contributed by atoms with Gasteiger partial charge in [0, 0.05) is 10.5 Å². The average molecular weight is 255 g/mol. The van der Waals surface area contributed by atoms with E-state index in [-0.39, 0.29) is 5.91 Å². The summed E-state index contributed by atoms with van der Waals surface area (Å²) >= 11 is 0. The zero-order valence-corrected chi connectivity index (χ0v) is 10.6. The lowest BCUT2D eigenvalue weighted by molar-refractivity contribution is 0.101. The molecule has 0 aliphatic heterocycles. The standard InChI is InChI=1S/C15H13NOS/c1-2-18(14-11-7-4-8-12-14)16-15(17)13-9-5-3-6-10-13/h2-12H,1H2. The second kappa shape index (κ2) is 6.07. The molecule has 2 rings (SSSR count). The first kappa shape index (κ1) is 12.5. The summed E-state index contributed by atoms with van der Waals surface area (Å²) in [6.45, 7) is 3.75. The highest BCUT2D eigenvalue weighted by Crippen LogP contribution is 2.11. The highest BCUT2D eigenvalue weighted by molar-refractivity contribution is 7.90. The molecule has 1 amide bonds. The van der Waals surface area contributed by atoms with Crippen LogP contribution in [0.1, 0.15) is 10.4 Å². The molecule has 90 valence electrons. The first-order chi connectivity index (χ1) is 8.81. The molecule has 0 aromatic heterocycles. The summed E-state index contributed by atoms with van der Waals surface area (Å²) in [5.74, 6) is -0.206. The maximum Gasteiger partial charge on any atom is 0.283 e. The van der Waals surface area contributed by atoms with Gasteiger partial charge in [-0.25, -0.2) is 0 Å². The third kappa shape index (κ3) is 3.02. The van der Waals surface area contributed by atoms with Gasteiger partial charge >= 0.3 is 0 Å². The van der Waals surface area contributed by atoms with Gasteiger partial charge in [0.05, 0.1) is 0 Å². The molecule has 1 atom stereocenters. The highest BCUT2D eigenvalue weighted by Gasteiger charge is 2.04. The van der Waals surface area contributed by atoms with Crippen LogP contribution in [0.2, 0.25) is 0 Å². The Bertz CT molecular complexity index is 576. The molecule has 2 aromatic rings. The molecular weight excluding hydrogens is 242 g/mol. The van der Waals surface area contributed by atoms with Crippen molar-refractivity contribution >= 4 is 16.6 Å². The molecule has 0 N–H and O–H groups in total. The maximum absolute atomic E-state index is 12.0. The third-order valence-corrected chi connectivity index (χ3v) is 3.78. The molecule has 0 saturated carbocycles. The Morgan fingerprint density at radius 3 is 2.11 bits per heavy atom.